The Bertz CT molecular complexity index is 1200. The average molecular weight is 425 g/mol. The van der Waals surface area contributed by atoms with Crippen molar-refractivity contribution in [2.24, 2.45) is 0 Å². The molecule has 2 aromatic heterocycles. The molecule has 0 aliphatic carbocycles. The van der Waals surface area contributed by atoms with Gasteiger partial charge in [-0.15, -0.1) is 0 Å². The van der Waals surface area contributed by atoms with Crippen LogP contribution in [0.15, 0.2) is 54.9 Å². The molecule has 1 N–H and O–H groups in total. The van der Waals surface area contributed by atoms with Crippen LogP contribution in [-0.4, -0.2) is 28.7 Å². The van der Waals surface area contributed by atoms with Gasteiger partial charge in [0.25, 0.3) is 0 Å². The molecule has 0 amide bonds. The number of methoxy groups -OCH3 is 1. The van der Waals surface area contributed by atoms with Gasteiger partial charge < -0.3 is 14.8 Å². The lowest BCUT2D eigenvalue weighted by molar-refractivity contribution is 0.311. The fourth-order valence-electron chi connectivity index (χ4n) is 2.99. The van der Waals surface area contributed by atoms with E-state index in [0.29, 0.717) is 46.3 Å². The van der Waals surface area contributed by atoms with Crippen molar-refractivity contribution in [1.29, 1.82) is 0 Å². The van der Waals surface area contributed by atoms with Gasteiger partial charge in [-0.25, -0.2) is 14.4 Å². The van der Waals surface area contributed by atoms with Gasteiger partial charge in [-0.2, -0.15) is 0 Å². The molecule has 0 aliphatic heterocycles. The van der Waals surface area contributed by atoms with E-state index >= 15 is 0 Å². The van der Waals surface area contributed by atoms with Crippen LogP contribution in [0.4, 0.5) is 15.9 Å². The van der Waals surface area contributed by atoms with Gasteiger partial charge in [0.05, 0.1) is 24.3 Å². The SMILES string of the molecule is CCOc1cc2c(Nc3ccc(F)c(Cl)c3)nc(-c3cccnc3)nc2cc1OC. The Hall–Kier alpha value is -3.45. The molecule has 0 unspecified atom stereocenters. The van der Waals surface area contributed by atoms with E-state index in [4.69, 9.17) is 21.1 Å². The van der Waals surface area contributed by atoms with Crippen molar-refractivity contribution in [3.05, 3.63) is 65.7 Å². The maximum atomic E-state index is 13.6. The van der Waals surface area contributed by atoms with Crippen LogP contribution >= 0.6 is 11.6 Å². The summed E-state index contributed by atoms with van der Waals surface area (Å²) >= 11 is 5.94. The van der Waals surface area contributed by atoms with Crippen molar-refractivity contribution >= 4 is 34.0 Å². The molecule has 4 aromatic rings. The minimum absolute atomic E-state index is 0.0162. The summed E-state index contributed by atoms with van der Waals surface area (Å²) in [5.74, 6) is 1.65. The van der Waals surface area contributed by atoms with Crippen molar-refractivity contribution in [3.8, 4) is 22.9 Å². The highest BCUT2D eigenvalue weighted by Gasteiger charge is 2.15. The lowest BCUT2D eigenvalue weighted by Gasteiger charge is -2.15. The molecule has 0 saturated heterocycles. The van der Waals surface area contributed by atoms with Crippen molar-refractivity contribution in [2.45, 2.75) is 6.92 Å². The van der Waals surface area contributed by atoms with E-state index in [1.807, 2.05) is 25.1 Å². The fraction of sp³-hybridized carbons (Fsp3) is 0.136. The number of nitrogens with one attached hydrogen (secondary N) is 1. The predicted octanol–water partition coefficient (Wildman–Crippen LogP) is 5.64. The third-order valence-electron chi connectivity index (χ3n) is 4.38. The first kappa shape index (κ1) is 19.8. The highest BCUT2D eigenvalue weighted by Crippen LogP contribution is 2.36. The Kier molecular flexibility index (Phi) is 5.63. The Labute approximate surface area is 177 Å². The van der Waals surface area contributed by atoms with Crippen LogP contribution in [-0.2, 0) is 0 Å². The molecule has 0 radical (unpaired) electrons. The first-order valence-electron chi connectivity index (χ1n) is 9.24. The average Bonchev–Trinajstić information content (AvgIpc) is 2.77. The van der Waals surface area contributed by atoms with E-state index in [9.17, 15) is 4.39 Å². The fourth-order valence-corrected chi connectivity index (χ4v) is 3.17. The first-order valence-corrected chi connectivity index (χ1v) is 9.62. The van der Waals surface area contributed by atoms with Crippen LogP contribution in [0.2, 0.25) is 5.02 Å². The summed E-state index contributed by atoms with van der Waals surface area (Å²) in [6.45, 7) is 2.37. The van der Waals surface area contributed by atoms with Gasteiger partial charge in [0.15, 0.2) is 17.3 Å². The number of anilines is 2. The predicted molar refractivity (Wildman–Crippen MR) is 115 cm³/mol. The normalized spacial score (nSPS) is 10.8. The molecule has 8 heteroatoms. The van der Waals surface area contributed by atoms with Crippen LogP contribution in [0.3, 0.4) is 0 Å². The number of ether oxygens (including phenoxy) is 2. The van der Waals surface area contributed by atoms with Crippen LogP contribution in [0, 0.1) is 5.82 Å². The summed E-state index contributed by atoms with van der Waals surface area (Å²) in [4.78, 5) is 13.5. The molecule has 2 aromatic carbocycles. The number of pyridine rings is 1. The van der Waals surface area contributed by atoms with E-state index in [1.54, 1.807) is 31.6 Å². The van der Waals surface area contributed by atoms with Gasteiger partial charge in [-0.3, -0.25) is 4.98 Å². The maximum absolute atomic E-state index is 13.6. The molecular formula is C22H18ClFN4O2. The topological polar surface area (TPSA) is 69.2 Å². The zero-order chi connectivity index (χ0) is 21.1. The van der Waals surface area contributed by atoms with E-state index in [1.165, 1.54) is 12.1 Å². The van der Waals surface area contributed by atoms with Gasteiger partial charge >= 0.3 is 0 Å². The van der Waals surface area contributed by atoms with Gasteiger partial charge in [0.1, 0.15) is 11.6 Å². The van der Waals surface area contributed by atoms with Crippen molar-refractivity contribution in [2.75, 3.05) is 19.0 Å². The molecule has 0 fully saturated rings. The largest absolute Gasteiger partial charge is 0.493 e. The lowest BCUT2D eigenvalue weighted by Crippen LogP contribution is -2.02. The van der Waals surface area contributed by atoms with E-state index in [0.717, 1.165) is 5.56 Å². The highest BCUT2D eigenvalue weighted by molar-refractivity contribution is 6.31. The van der Waals surface area contributed by atoms with E-state index in [2.05, 4.69) is 20.3 Å². The quantitative estimate of drug-likeness (QED) is 0.432. The summed E-state index contributed by atoms with van der Waals surface area (Å²) in [5.41, 5.74) is 2.00. The molecule has 152 valence electrons. The van der Waals surface area contributed by atoms with Crippen LogP contribution < -0.4 is 14.8 Å². The Morgan fingerprint density at radius 3 is 2.67 bits per heavy atom. The number of fused-ring (bicyclic) bond motifs is 1. The monoisotopic (exact) mass is 424 g/mol. The number of aromatic nitrogens is 3. The maximum Gasteiger partial charge on any atom is 0.163 e. The van der Waals surface area contributed by atoms with Gasteiger partial charge in [0.2, 0.25) is 0 Å². The Morgan fingerprint density at radius 2 is 1.97 bits per heavy atom. The third kappa shape index (κ3) is 3.97. The third-order valence-corrected chi connectivity index (χ3v) is 4.67. The molecule has 6 nitrogen and oxygen atoms in total. The Morgan fingerprint density at radius 1 is 1.10 bits per heavy atom. The minimum Gasteiger partial charge on any atom is -0.493 e. The number of benzene rings is 2. The van der Waals surface area contributed by atoms with Crippen molar-refractivity contribution in [3.63, 3.8) is 0 Å². The lowest BCUT2D eigenvalue weighted by atomic mass is 10.1. The number of halogens is 2. The van der Waals surface area contributed by atoms with E-state index in [-0.39, 0.29) is 5.02 Å². The highest BCUT2D eigenvalue weighted by atomic mass is 35.5. The summed E-state index contributed by atoms with van der Waals surface area (Å²) in [6.07, 6.45) is 3.37. The number of nitrogens with zero attached hydrogens (tertiary/aromatic N) is 3. The van der Waals surface area contributed by atoms with E-state index < -0.39 is 5.82 Å². The Balaban J connectivity index is 1.91. The molecule has 0 bridgehead atoms. The molecule has 2 heterocycles. The molecule has 0 atom stereocenters. The zero-order valence-corrected chi connectivity index (χ0v) is 17.1. The molecule has 4 rings (SSSR count). The van der Waals surface area contributed by atoms with Crippen molar-refractivity contribution in [1.82, 2.24) is 15.0 Å². The first-order chi connectivity index (χ1) is 14.6. The second-order valence-corrected chi connectivity index (χ2v) is 6.75. The van der Waals surface area contributed by atoms with Gasteiger partial charge in [-0.1, -0.05) is 11.6 Å². The molecule has 30 heavy (non-hydrogen) atoms. The zero-order valence-electron chi connectivity index (χ0n) is 16.3. The molecule has 0 aliphatic rings. The summed E-state index contributed by atoms with van der Waals surface area (Å²) in [7, 11) is 1.58. The summed E-state index contributed by atoms with van der Waals surface area (Å²) in [5, 5.41) is 3.94. The second kappa shape index (κ2) is 8.51. The minimum atomic E-state index is -0.492. The standard InChI is InChI=1S/C22H18ClFN4O2/c1-3-30-20-10-15-18(11-19(20)29-2)27-21(13-5-4-8-25-12-13)28-22(15)26-14-6-7-17(24)16(23)9-14/h4-12H,3H2,1-2H3,(H,26,27,28). The molecule has 0 spiro atoms. The number of hydrogen-bond donors (Lipinski definition) is 1. The van der Waals surface area contributed by atoms with Gasteiger partial charge in [0, 0.05) is 35.1 Å². The smallest absolute Gasteiger partial charge is 0.163 e. The number of rotatable bonds is 6. The summed E-state index contributed by atoms with van der Waals surface area (Å²) < 4.78 is 24.7. The summed E-state index contributed by atoms with van der Waals surface area (Å²) in [6, 6.07) is 11.7. The van der Waals surface area contributed by atoms with Crippen molar-refractivity contribution < 1.29 is 13.9 Å². The van der Waals surface area contributed by atoms with Gasteiger partial charge in [-0.05, 0) is 43.3 Å². The molecular weight excluding hydrogens is 407 g/mol. The number of hydrogen-bond acceptors (Lipinski definition) is 6. The van der Waals surface area contributed by atoms with Crippen LogP contribution in [0.25, 0.3) is 22.3 Å². The van der Waals surface area contributed by atoms with Crippen LogP contribution in [0.5, 0.6) is 11.5 Å². The molecule has 0 saturated carbocycles. The van der Waals surface area contributed by atoms with Crippen LogP contribution in [0.1, 0.15) is 6.92 Å². The second-order valence-electron chi connectivity index (χ2n) is 6.34.